The molecule has 31 heavy (non-hydrogen) atoms. The van der Waals surface area contributed by atoms with Crippen LogP contribution >= 0.6 is 0 Å². The predicted octanol–water partition coefficient (Wildman–Crippen LogP) is 3.20. The highest BCUT2D eigenvalue weighted by Gasteiger charge is 2.25. The summed E-state index contributed by atoms with van der Waals surface area (Å²) in [7, 11) is 7.12. The molecule has 0 saturated heterocycles. The van der Waals surface area contributed by atoms with Crippen molar-refractivity contribution < 1.29 is 19.1 Å². The lowest BCUT2D eigenvalue weighted by Crippen LogP contribution is -2.47. The number of nitrogens with zero attached hydrogens (tertiary/aromatic N) is 1. The Balaban J connectivity index is 2.08. The Morgan fingerprint density at radius 2 is 1.55 bits per heavy atom. The molecule has 2 N–H and O–H groups in total. The number of rotatable bonds is 10. The molecule has 0 aromatic heterocycles. The zero-order chi connectivity index (χ0) is 23.0. The molecule has 0 aliphatic rings. The molecule has 0 saturated carbocycles. The highest BCUT2D eigenvalue weighted by Crippen LogP contribution is 2.23. The summed E-state index contributed by atoms with van der Waals surface area (Å²) in [5.74, 6) is 0.272. The van der Waals surface area contributed by atoms with Gasteiger partial charge in [0, 0.05) is 23.9 Å². The van der Waals surface area contributed by atoms with E-state index in [4.69, 9.17) is 9.47 Å². The van der Waals surface area contributed by atoms with Gasteiger partial charge in [0.25, 0.3) is 5.91 Å². The highest BCUT2D eigenvalue weighted by molar-refractivity contribution is 6.01. The standard InChI is InChI=1S/C24H33N3O4/c1-16(2)22(26-23(28)18-13-20(30-5)15-21(14-18)31-6)24(29)25-19-9-7-17(8-10-19)11-12-27(3)4/h7-10,13-16,22H,11-12H2,1-6H3,(H,25,29)(H,26,28). The molecule has 168 valence electrons. The second-order valence-electron chi connectivity index (χ2n) is 8.04. The van der Waals surface area contributed by atoms with E-state index in [1.807, 2.05) is 52.2 Å². The summed E-state index contributed by atoms with van der Waals surface area (Å²) >= 11 is 0. The second kappa shape index (κ2) is 11.4. The number of amides is 2. The van der Waals surface area contributed by atoms with Crippen molar-refractivity contribution in [3.05, 3.63) is 53.6 Å². The van der Waals surface area contributed by atoms with Crippen molar-refractivity contribution in [2.24, 2.45) is 5.92 Å². The Hall–Kier alpha value is -3.06. The van der Waals surface area contributed by atoms with Crippen LogP contribution < -0.4 is 20.1 Å². The summed E-state index contributed by atoms with van der Waals surface area (Å²) in [5.41, 5.74) is 2.26. The van der Waals surface area contributed by atoms with Crippen LogP contribution in [-0.2, 0) is 11.2 Å². The lowest BCUT2D eigenvalue weighted by atomic mass is 10.0. The van der Waals surface area contributed by atoms with Gasteiger partial charge in [0.1, 0.15) is 17.5 Å². The molecule has 0 radical (unpaired) electrons. The quantitative estimate of drug-likeness (QED) is 0.609. The van der Waals surface area contributed by atoms with Gasteiger partial charge in [0.15, 0.2) is 0 Å². The van der Waals surface area contributed by atoms with Crippen LogP contribution in [0.4, 0.5) is 5.69 Å². The third-order valence-electron chi connectivity index (χ3n) is 4.92. The third-order valence-corrected chi connectivity index (χ3v) is 4.92. The third kappa shape index (κ3) is 7.29. The van der Waals surface area contributed by atoms with E-state index in [0.29, 0.717) is 22.7 Å². The average Bonchev–Trinajstić information content (AvgIpc) is 2.75. The SMILES string of the molecule is COc1cc(OC)cc(C(=O)NC(C(=O)Nc2ccc(CCN(C)C)cc2)C(C)C)c1. The monoisotopic (exact) mass is 427 g/mol. The maximum Gasteiger partial charge on any atom is 0.252 e. The van der Waals surface area contributed by atoms with Gasteiger partial charge in [-0.05, 0) is 56.3 Å². The van der Waals surface area contributed by atoms with E-state index in [9.17, 15) is 9.59 Å². The fraction of sp³-hybridized carbons (Fsp3) is 0.417. The molecule has 0 aliphatic heterocycles. The van der Waals surface area contributed by atoms with Crippen molar-refractivity contribution in [2.75, 3.05) is 40.2 Å². The molecule has 7 heteroatoms. The van der Waals surface area contributed by atoms with Crippen LogP contribution in [0.1, 0.15) is 29.8 Å². The number of nitrogens with one attached hydrogen (secondary N) is 2. The van der Waals surface area contributed by atoms with Gasteiger partial charge in [-0.25, -0.2) is 0 Å². The van der Waals surface area contributed by atoms with Crippen molar-refractivity contribution in [1.29, 1.82) is 0 Å². The van der Waals surface area contributed by atoms with Gasteiger partial charge in [-0.2, -0.15) is 0 Å². The summed E-state index contributed by atoms with van der Waals surface area (Å²) < 4.78 is 10.4. The smallest absolute Gasteiger partial charge is 0.252 e. The molecule has 0 bridgehead atoms. The molecular weight excluding hydrogens is 394 g/mol. The van der Waals surface area contributed by atoms with Crippen molar-refractivity contribution in [1.82, 2.24) is 10.2 Å². The lowest BCUT2D eigenvalue weighted by molar-refractivity contribution is -0.118. The minimum Gasteiger partial charge on any atom is -0.497 e. The van der Waals surface area contributed by atoms with Gasteiger partial charge >= 0.3 is 0 Å². The number of ether oxygens (including phenoxy) is 2. The van der Waals surface area contributed by atoms with Crippen molar-refractivity contribution in [2.45, 2.75) is 26.3 Å². The van der Waals surface area contributed by atoms with Gasteiger partial charge in [0.2, 0.25) is 5.91 Å². The lowest BCUT2D eigenvalue weighted by Gasteiger charge is -2.22. The number of benzene rings is 2. The van der Waals surface area contributed by atoms with Crippen LogP contribution in [0.3, 0.4) is 0 Å². The summed E-state index contributed by atoms with van der Waals surface area (Å²) in [5, 5.41) is 5.74. The number of methoxy groups -OCH3 is 2. The van der Waals surface area contributed by atoms with Crippen LogP contribution in [0, 0.1) is 5.92 Å². The number of hydrogen-bond acceptors (Lipinski definition) is 5. The molecule has 1 atom stereocenters. The Labute approximate surface area is 184 Å². The molecule has 2 amide bonds. The zero-order valence-electron chi connectivity index (χ0n) is 19.2. The first-order chi connectivity index (χ1) is 14.7. The summed E-state index contributed by atoms with van der Waals surface area (Å²) in [6, 6.07) is 12.0. The van der Waals surface area contributed by atoms with E-state index in [2.05, 4.69) is 15.5 Å². The molecule has 7 nitrogen and oxygen atoms in total. The predicted molar refractivity (Wildman–Crippen MR) is 123 cm³/mol. The zero-order valence-corrected chi connectivity index (χ0v) is 19.2. The second-order valence-corrected chi connectivity index (χ2v) is 8.04. The molecule has 1 unspecified atom stereocenters. The van der Waals surface area contributed by atoms with Gasteiger partial charge in [0.05, 0.1) is 14.2 Å². The van der Waals surface area contributed by atoms with Gasteiger partial charge in [-0.1, -0.05) is 26.0 Å². The number of anilines is 1. The number of hydrogen-bond donors (Lipinski definition) is 2. The van der Waals surface area contributed by atoms with E-state index in [-0.39, 0.29) is 17.7 Å². The molecular formula is C24H33N3O4. The van der Waals surface area contributed by atoms with E-state index >= 15 is 0 Å². The molecule has 0 aliphatic carbocycles. The molecule has 0 spiro atoms. The Bertz CT molecular complexity index is 857. The number of carbonyl (C=O) groups excluding carboxylic acids is 2. The van der Waals surface area contributed by atoms with Crippen LogP contribution in [0.25, 0.3) is 0 Å². The van der Waals surface area contributed by atoms with E-state index in [1.54, 1.807) is 18.2 Å². The van der Waals surface area contributed by atoms with Crippen molar-refractivity contribution in [3.8, 4) is 11.5 Å². The van der Waals surface area contributed by atoms with Crippen LogP contribution in [0.15, 0.2) is 42.5 Å². The molecule has 0 fully saturated rings. The highest BCUT2D eigenvalue weighted by atomic mass is 16.5. The van der Waals surface area contributed by atoms with Gasteiger partial charge < -0.3 is 25.0 Å². The minimum atomic E-state index is -0.696. The summed E-state index contributed by atoms with van der Waals surface area (Å²) in [6.07, 6.45) is 0.940. The average molecular weight is 428 g/mol. The van der Waals surface area contributed by atoms with Crippen molar-refractivity contribution >= 4 is 17.5 Å². The normalized spacial score (nSPS) is 11.9. The first kappa shape index (κ1) is 24.2. The van der Waals surface area contributed by atoms with Gasteiger partial charge in [-0.15, -0.1) is 0 Å². The Morgan fingerprint density at radius 1 is 0.968 bits per heavy atom. The fourth-order valence-electron chi connectivity index (χ4n) is 3.03. The fourth-order valence-corrected chi connectivity index (χ4v) is 3.03. The minimum absolute atomic E-state index is 0.101. The molecule has 2 aromatic rings. The first-order valence-corrected chi connectivity index (χ1v) is 10.3. The van der Waals surface area contributed by atoms with Crippen molar-refractivity contribution in [3.63, 3.8) is 0 Å². The maximum atomic E-state index is 12.9. The molecule has 0 heterocycles. The largest absolute Gasteiger partial charge is 0.497 e. The number of likely N-dealkylation sites (N-methyl/N-ethyl adjacent to an activating group) is 1. The van der Waals surface area contributed by atoms with E-state index < -0.39 is 6.04 Å². The topological polar surface area (TPSA) is 79.9 Å². The first-order valence-electron chi connectivity index (χ1n) is 10.3. The Morgan fingerprint density at radius 3 is 2.03 bits per heavy atom. The summed E-state index contributed by atoms with van der Waals surface area (Å²) in [6.45, 7) is 4.74. The maximum absolute atomic E-state index is 12.9. The van der Waals surface area contributed by atoms with Crippen LogP contribution in [0.5, 0.6) is 11.5 Å². The van der Waals surface area contributed by atoms with Crippen LogP contribution in [0.2, 0.25) is 0 Å². The molecule has 2 rings (SSSR count). The van der Waals surface area contributed by atoms with Crippen LogP contribution in [-0.4, -0.2) is 57.6 Å². The summed E-state index contributed by atoms with van der Waals surface area (Å²) in [4.78, 5) is 27.8. The Kier molecular flexibility index (Phi) is 8.88. The molecule has 2 aromatic carbocycles. The van der Waals surface area contributed by atoms with E-state index in [1.165, 1.54) is 19.8 Å². The van der Waals surface area contributed by atoms with Gasteiger partial charge in [-0.3, -0.25) is 9.59 Å². The number of carbonyl (C=O) groups is 2. The van der Waals surface area contributed by atoms with E-state index in [0.717, 1.165) is 13.0 Å².